The summed E-state index contributed by atoms with van der Waals surface area (Å²) >= 11 is 0. The maximum absolute atomic E-state index is 10.3. The zero-order valence-corrected chi connectivity index (χ0v) is 36.9. The highest BCUT2D eigenvalue weighted by molar-refractivity contribution is 6.14. The summed E-state index contributed by atoms with van der Waals surface area (Å²) in [5, 5.41) is 19.4. The minimum atomic E-state index is 0.541. The third-order valence-electron chi connectivity index (χ3n) is 13.2. The lowest BCUT2D eigenvalue weighted by Gasteiger charge is -2.13. The Balaban J connectivity index is 1.04. The molecule has 6 heteroatoms. The Hall–Kier alpha value is -9.62. The molecule has 0 atom stereocenters. The molecule has 318 valence electrons. The average Bonchev–Trinajstić information content (AvgIpc) is 4.11. The van der Waals surface area contributed by atoms with E-state index in [-0.39, 0.29) is 0 Å². The van der Waals surface area contributed by atoms with E-state index in [1.807, 2.05) is 36.4 Å². The average molecular weight is 869 g/mol. The number of nitriles is 1. The predicted molar refractivity (Wildman–Crippen MR) is 286 cm³/mol. The van der Waals surface area contributed by atoms with Crippen LogP contribution in [0, 0.1) is 17.9 Å². The number of hydrogen-bond acceptors (Lipinski definition) is 1. The first-order valence-electron chi connectivity index (χ1n) is 22.5. The summed E-state index contributed by atoms with van der Waals surface area (Å²) in [5.41, 5.74) is 12.9. The molecule has 0 spiro atoms. The normalized spacial score (nSPS) is 12.7. The molecule has 0 fully saturated rings. The van der Waals surface area contributed by atoms with Gasteiger partial charge in [0.05, 0.1) is 51.3 Å². The van der Waals surface area contributed by atoms with Gasteiger partial charge in [0.1, 0.15) is 0 Å². The molecule has 0 saturated carbocycles. The molecule has 0 amide bonds. The van der Waals surface area contributed by atoms with Crippen molar-refractivity contribution < 1.29 is 0 Å². The largest absolute Gasteiger partial charge is 0.316 e. The summed E-state index contributed by atoms with van der Waals surface area (Å²) in [7, 11) is 0. The molecule has 0 saturated heterocycles. The van der Waals surface area contributed by atoms with Crippen LogP contribution in [0.3, 0.4) is 0 Å². The minimum absolute atomic E-state index is 0.541. The van der Waals surface area contributed by atoms with Crippen LogP contribution in [-0.2, 0) is 0 Å². The lowest BCUT2D eigenvalue weighted by Crippen LogP contribution is -1.99. The molecule has 0 aliphatic heterocycles. The molecule has 12 aromatic rings. The summed E-state index contributed by atoms with van der Waals surface area (Å²) in [6, 6.07) is 65.7. The molecular formula is C62H40N6. The van der Waals surface area contributed by atoms with Crippen LogP contribution in [0.5, 0.6) is 0 Å². The molecule has 6 nitrogen and oxygen atoms in total. The standard InChI is InChI=1S/C62H40N6/c1-4-44(66-57-24-12-10-21-51(57)53-31-29-43(64-3)39-62(53)66)38-42(33-35-63)41(2)37-46(68-60-27-15-8-19-49(60)50-20-9-16-28-61(50)68)34-36-65-55-23-11-5-22-52(55)54-40-45(30-32-56(54)65)67-58-25-13-6-17-47(58)48-18-7-14-26-59(48)67/h4-34,36-40H,1-2H2/b36-34+,42-33-,44-38+,46-37+. The first kappa shape index (κ1) is 39.9. The second-order valence-corrected chi connectivity index (χ2v) is 16.9. The summed E-state index contributed by atoms with van der Waals surface area (Å²) in [6.07, 6.45) is 11.7. The molecule has 4 aromatic heterocycles. The van der Waals surface area contributed by atoms with Crippen LogP contribution in [0.1, 0.15) is 0 Å². The first-order chi connectivity index (χ1) is 33.5. The van der Waals surface area contributed by atoms with Gasteiger partial charge in [0.2, 0.25) is 0 Å². The summed E-state index contributed by atoms with van der Waals surface area (Å²) in [5.74, 6) is 0. The smallest absolute Gasteiger partial charge is 0.189 e. The Morgan fingerprint density at radius 3 is 1.51 bits per heavy atom. The van der Waals surface area contributed by atoms with E-state index in [1.165, 1.54) is 27.9 Å². The van der Waals surface area contributed by atoms with Crippen molar-refractivity contribution in [3.8, 4) is 11.8 Å². The zero-order valence-electron chi connectivity index (χ0n) is 36.9. The molecule has 0 N–H and O–H groups in total. The fraction of sp³-hybridized carbons (Fsp3) is 0. The molecule has 0 aliphatic rings. The van der Waals surface area contributed by atoms with Crippen molar-refractivity contribution >= 4 is 111 Å². The number of allylic oxidation sites excluding steroid dienone is 9. The number of fused-ring (bicyclic) bond motifs is 12. The minimum Gasteiger partial charge on any atom is -0.316 e. The lowest BCUT2D eigenvalue weighted by molar-refractivity contribution is 1.18. The van der Waals surface area contributed by atoms with E-state index in [9.17, 15) is 5.26 Å². The number of hydrogen-bond donors (Lipinski definition) is 0. The number of nitrogens with zero attached hydrogens (tertiary/aromatic N) is 6. The molecule has 12 rings (SSSR count). The molecule has 68 heavy (non-hydrogen) atoms. The van der Waals surface area contributed by atoms with Gasteiger partial charge in [-0.1, -0.05) is 134 Å². The molecule has 0 bridgehead atoms. The van der Waals surface area contributed by atoms with Crippen LogP contribution in [0.15, 0.2) is 237 Å². The van der Waals surface area contributed by atoms with Gasteiger partial charge in [-0.2, -0.15) is 5.26 Å². The highest BCUT2D eigenvalue weighted by atomic mass is 15.0. The fourth-order valence-corrected chi connectivity index (χ4v) is 10.3. The van der Waals surface area contributed by atoms with Crippen molar-refractivity contribution in [3.63, 3.8) is 0 Å². The van der Waals surface area contributed by atoms with E-state index in [2.05, 4.69) is 212 Å². The van der Waals surface area contributed by atoms with Crippen molar-refractivity contribution in [2.75, 3.05) is 0 Å². The Bertz CT molecular complexity index is 4220. The van der Waals surface area contributed by atoms with Gasteiger partial charge < -0.3 is 18.3 Å². The highest BCUT2D eigenvalue weighted by Crippen LogP contribution is 2.39. The number of rotatable bonds is 9. The topological polar surface area (TPSA) is 47.9 Å². The van der Waals surface area contributed by atoms with Crippen LogP contribution >= 0.6 is 0 Å². The maximum Gasteiger partial charge on any atom is 0.189 e. The van der Waals surface area contributed by atoms with Crippen LogP contribution in [0.4, 0.5) is 5.69 Å². The molecule has 8 aromatic carbocycles. The van der Waals surface area contributed by atoms with E-state index in [0.717, 1.165) is 82.5 Å². The molecule has 0 unspecified atom stereocenters. The second-order valence-electron chi connectivity index (χ2n) is 16.9. The molecule has 0 aliphatic carbocycles. The number of para-hydroxylation sites is 6. The van der Waals surface area contributed by atoms with Crippen molar-refractivity contribution in [2.24, 2.45) is 0 Å². The van der Waals surface area contributed by atoms with Gasteiger partial charge in [0, 0.05) is 78.0 Å². The van der Waals surface area contributed by atoms with Gasteiger partial charge in [-0.3, -0.25) is 0 Å². The van der Waals surface area contributed by atoms with Crippen LogP contribution in [0.2, 0.25) is 0 Å². The quantitative estimate of drug-likeness (QED) is 0.0810. The highest BCUT2D eigenvalue weighted by Gasteiger charge is 2.18. The van der Waals surface area contributed by atoms with Crippen molar-refractivity contribution in [2.45, 2.75) is 0 Å². The second kappa shape index (κ2) is 16.1. The predicted octanol–water partition coefficient (Wildman–Crippen LogP) is 16.4. The Morgan fingerprint density at radius 2 is 0.971 bits per heavy atom. The summed E-state index contributed by atoms with van der Waals surface area (Å²) in [4.78, 5) is 3.74. The van der Waals surface area contributed by atoms with Gasteiger partial charge >= 0.3 is 0 Å². The number of aromatic nitrogens is 4. The monoisotopic (exact) mass is 868 g/mol. The van der Waals surface area contributed by atoms with E-state index >= 15 is 0 Å². The number of benzene rings is 8. The van der Waals surface area contributed by atoms with Crippen molar-refractivity contribution in [1.82, 2.24) is 18.3 Å². The lowest BCUT2D eigenvalue weighted by atomic mass is 10.0. The van der Waals surface area contributed by atoms with Gasteiger partial charge in [0.25, 0.3) is 0 Å². The fourth-order valence-electron chi connectivity index (χ4n) is 10.3. The maximum atomic E-state index is 10.3. The Morgan fingerprint density at radius 1 is 0.500 bits per heavy atom. The van der Waals surface area contributed by atoms with E-state index in [0.29, 0.717) is 16.8 Å². The van der Waals surface area contributed by atoms with E-state index in [1.54, 1.807) is 6.08 Å². The third kappa shape index (κ3) is 6.25. The Labute approximate surface area is 392 Å². The van der Waals surface area contributed by atoms with E-state index in [4.69, 9.17) is 6.57 Å². The van der Waals surface area contributed by atoms with Crippen LogP contribution in [-0.4, -0.2) is 18.3 Å². The van der Waals surface area contributed by atoms with Crippen molar-refractivity contribution in [3.05, 3.63) is 248 Å². The van der Waals surface area contributed by atoms with Crippen LogP contribution < -0.4 is 0 Å². The third-order valence-corrected chi connectivity index (χ3v) is 13.2. The molecule has 4 heterocycles. The van der Waals surface area contributed by atoms with E-state index < -0.39 is 0 Å². The summed E-state index contributed by atoms with van der Waals surface area (Å²) < 4.78 is 9.02. The molecular weight excluding hydrogens is 829 g/mol. The van der Waals surface area contributed by atoms with Gasteiger partial charge in [0.15, 0.2) is 5.69 Å². The SMILES string of the molecule is [C-]#[N+]c1ccc2c3ccccc3n(/C(C=C)=C/C(=C/C#N)C(=C)/C=C(\C=C\n3c4ccccc4c4cc(-n5c6ccccc6c6ccccc65)ccc43)n3c4ccccc4c4ccccc43)c2c1. The van der Waals surface area contributed by atoms with Gasteiger partial charge in [-0.15, -0.1) is 0 Å². The van der Waals surface area contributed by atoms with Gasteiger partial charge in [-0.25, -0.2) is 4.85 Å². The van der Waals surface area contributed by atoms with Crippen LogP contribution in [0.25, 0.3) is 115 Å². The van der Waals surface area contributed by atoms with Crippen molar-refractivity contribution in [1.29, 1.82) is 5.26 Å². The molecule has 0 radical (unpaired) electrons. The summed E-state index contributed by atoms with van der Waals surface area (Å²) in [6.45, 7) is 16.7. The zero-order chi connectivity index (χ0) is 45.9. The first-order valence-corrected chi connectivity index (χ1v) is 22.5. The Kier molecular flexibility index (Phi) is 9.46. The van der Waals surface area contributed by atoms with Gasteiger partial charge in [-0.05, 0) is 96.1 Å².